The molecule has 30 heavy (non-hydrogen) atoms. The SMILES string of the molecule is O=C(C(=O)N1CCN(C(=O)c2ccc(-c3ccc(Br)cc3)s2)CC1)N1CCOCC1. The number of benzene rings is 1. The molecule has 0 atom stereocenters. The summed E-state index contributed by atoms with van der Waals surface area (Å²) in [6.07, 6.45) is 0. The van der Waals surface area contributed by atoms with Crippen LogP contribution in [0.15, 0.2) is 40.9 Å². The van der Waals surface area contributed by atoms with Crippen LogP contribution in [0, 0.1) is 0 Å². The van der Waals surface area contributed by atoms with Crippen molar-refractivity contribution in [2.24, 2.45) is 0 Å². The molecule has 0 spiro atoms. The molecule has 3 amide bonds. The fourth-order valence-corrected chi connectivity index (χ4v) is 4.77. The number of nitrogens with zero attached hydrogens (tertiary/aromatic N) is 3. The molecule has 9 heteroatoms. The average molecular weight is 492 g/mol. The monoisotopic (exact) mass is 491 g/mol. The summed E-state index contributed by atoms with van der Waals surface area (Å²) in [6, 6.07) is 11.8. The van der Waals surface area contributed by atoms with Crippen molar-refractivity contribution < 1.29 is 19.1 Å². The maximum Gasteiger partial charge on any atom is 0.312 e. The number of carbonyl (C=O) groups is 3. The minimum Gasteiger partial charge on any atom is -0.378 e. The molecule has 7 nitrogen and oxygen atoms in total. The van der Waals surface area contributed by atoms with E-state index in [-0.39, 0.29) is 5.91 Å². The van der Waals surface area contributed by atoms with Gasteiger partial charge in [0.2, 0.25) is 0 Å². The Morgan fingerprint density at radius 3 is 1.97 bits per heavy atom. The molecule has 4 rings (SSSR count). The number of hydrogen-bond donors (Lipinski definition) is 0. The average Bonchev–Trinajstić information content (AvgIpc) is 3.29. The van der Waals surface area contributed by atoms with E-state index in [0.29, 0.717) is 57.4 Å². The van der Waals surface area contributed by atoms with Gasteiger partial charge in [-0.15, -0.1) is 11.3 Å². The van der Waals surface area contributed by atoms with Gasteiger partial charge in [0.25, 0.3) is 5.91 Å². The Kier molecular flexibility index (Phi) is 6.50. The summed E-state index contributed by atoms with van der Waals surface area (Å²) in [6.45, 7) is 3.40. The molecule has 0 radical (unpaired) electrons. The smallest absolute Gasteiger partial charge is 0.312 e. The van der Waals surface area contributed by atoms with Crippen molar-refractivity contribution in [3.8, 4) is 10.4 Å². The molecule has 158 valence electrons. The third-order valence-electron chi connectivity index (χ3n) is 5.28. The first kappa shape index (κ1) is 21.0. The Morgan fingerprint density at radius 1 is 0.767 bits per heavy atom. The number of ether oxygens (including phenoxy) is 1. The quantitative estimate of drug-likeness (QED) is 0.604. The van der Waals surface area contributed by atoms with Crippen molar-refractivity contribution >= 4 is 45.0 Å². The Hall–Kier alpha value is -2.23. The molecule has 2 fully saturated rings. The van der Waals surface area contributed by atoms with E-state index in [1.54, 1.807) is 14.7 Å². The highest BCUT2D eigenvalue weighted by Crippen LogP contribution is 2.30. The minimum absolute atomic E-state index is 0.0324. The van der Waals surface area contributed by atoms with Crippen LogP contribution in [0.1, 0.15) is 9.67 Å². The predicted molar refractivity (Wildman–Crippen MR) is 117 cm³/mol. The molecular weight excluding hydrogens is 470 g/mol. The van der Waals surface area contributed by atoms with Crippen molar-refractivity contribution in [2.45, 2.75) is 0 Å². The Balaban J connectivity index is 1.34. The van der Waals surface area contributed by atoms with Gasteiger partial charge >= 0.3 is 11.8 Å². The first-order chi connectivity index (χ1) is 14.5. The van der Waals surface area contributed by atoms with Crippen molar-refractivity contribution in [2.75, 3.05) is 52.5 Å². The van der Waals surface area contributed by atoms with Crippen molar-refractivity contribution in [3.05, 3.63) is 45.7 Å². The highest BCUT2D eigenvalue weighted by molar-refractivity contribution is 9.10. The van der Waals surface area contributed by atoms with Gasteiger partial charge in [-0.05, 0) is 29.8 Å². The Labute approximate surface area is 187 Å². The second kappa shape index (κ2) is 9.28. The minimum atomic E-state index is -0.488. The molecule has 0 aliphatic carbocycles. The second-order valence-corrected chi connectivity index (χ2v) is 9.16. The number of amides is 3. The normalized spacial score (nSPS) is 17.2. The van der Waals surface area contributed by atoms with E-state index in [1.807, 2.05) is 36.4 Å². The molecule has 2 saturated heterocycles. The number of piperazine rings is 1. The summed E-state index contributed by atoms with van der Waals surface area (Å²) in [5, 5.41) is 0. The fourth-order valence-electron chi connectivity index (χ4n) is 3.53. The van der Waals surface area contributed by atoms with Crippen molar-refractivity contribution in [3.63, 3.8) is 0 Å². The second-order valence-electron chi connectivity index (χ2n) is 7.16. The number of thiophene rings is 1. The lowest BCUT2D eigenvalue weighted by molar-refractivity contribution is -0.154. The van der Waals surface area contributed by atoms with Gasteiger partial charge in [-0.25, -0.2) is 0 Å². The molecule has 2 aromatic rings. The van der Waals surface area contributed by atoms with Gasteiger partial charge in [0.15, 0.2) is 0 Å². The Morgan fingerprint density at radius 2 is 1.33 bits per heavy atom. The van der Waals surface area contributed by atoms with Gasteiger partial charge in [0.1, 0.15) is 0 Å². The van der Waals surface area contributed by atoms with Crippen LogP contribution in [0.5, 0.6) is 0 Å². The first-order valence-corrected chi connectivity index (χ1v) is 11.4. The van der Waals surface area contributed by atoms with E-state index in [2.05, 4.69) is 15.9 Å². The van der Waals surface area contributed by atoms with Gasteiger partial charge in [0, 0.05) is 48.6 Å². The van der Waals surface area contributed by atoms with Crippen LogP contribution in [0.3, 0.4) is 0 Å². The van der Waals surface area contributed by atoms with E-state index in [1.165, 1.54) is 11.3 Å². The molecule has 2 aliphatic rings. The van der Waals surface area contributed by atoms with Gasteiger partial charge in [0.05, 0.1) is 18.1 Å². The summed E-state index contributed by atoms with van der Waals surface area (Å²) >= 11 is 4.89. The van der Waals surface area contributed by atoms with Crippen LogP contribution in [0.2, 0.25) is 0 Å². The zero-order valence-corrected chi connectivity index (χ0v) is 18.8. The maximum atomic E-state index is 12.9. The summed E-state index contributed by atoms with van der Waals surface area (Å²) in [5.74, 6) is -0.997. The molecule has 0 unspecified atom stereocenters. The van der Waals surface area contributed by atoms with Crippen LogP contribution in [-0.2, 0) is 14.3 Å². The number of rotatable bonds is 2. The lowest BCUT2D eigenvalue weighted by atomic mass is 10.2. The standard InChI is InChI=1S/C21H22BrN3O4S/c22-16-3-1-15(2-4-16)17-5-6-18(30-17)19(26)23-7-9-24(10-8-23)20(27)21(28)25-11-13-29-14-12-25/h1-6H,7-14H2. The van der Waals surface area contributed by atoms with Gasteiger partial charge in [-0.3, -0.25) is 14.4 Å². The van der Waals surface area contributed by atoms with Gasteiger partial charge in [-0.2, -0.15) is 0 Å². The third-order valence-corrected chi connectivity index (χ3v) is 6.93. The van der Waals surface area contributed by atoms with E-state index < -0.39 is 11.8 Å². The largest absolute Gasteiger partial charge is 0.378 e. The zero-order chi connectivity index (χ0) is 21.1. The van der Waals surface area contributed by atoms with Crippen LogP contribution in [-0.4, -0.2) is 84.9 Å². The van der Waals surface area contributed by atoms with Crippen molar-refractivity contribution in [1.82, 2.24) is 14.7 Å². The predicted octanol–water partition coefficient (Wildman–Crippen LogP) is 2.32. The molecule has 0 saturated carbocycles. The molecular formula is C21H22BrN3O4S. The van der Waals surface area contributed by atoms with E-state index in [0.717, 1.165) is 14.9 Å². The van der Waals surface area contributed by atoms with E-state index in [9.17, 15) is 14.4 Å². The lowest BCUT2D eigenvalue weighted by Gasteiger charge is -2.35. The molecule has 1 aromatic heterocycles. The molecule has 3 heterocycles. The van der Waals surface area contributed by atoms with E-state index >= 15 is 0 Å². The topological polar surface area (TPSA) is 70.2 Å². The summed E-state index contributed by atoms with van der Waals surface area (Å²) < 4.78 is 6.24. The summed E-state index contributed by atoms with van der Waals surface area (Å²) in [4.78, 5) is 44.4. The van der Waals surface area contributed by atoms with Crippen molar-refractivity contribution in [1.29, 1.82) is 0 Å². The third kappa shape index (κ3) is 4.58. The number of carbonyl (C=O) groups excluding carboxylic acids is 3. The van der Waals surface area contributed by atoms with Gasteiger partial charge in [-0.1, -0.05) is 28.1 Å². The maximum absolute atomic E-state index is 12.9. The Bertz CT molecular complexity index is 932. The molecule has 0 N–H and O–H groups in total. The van der Waals surface area contributed by atoms with Crippen LogP contribution < -0.4 is 0 Å². The first-order valence-electron chi connectivity index (χ1n) is 9.84. The lowest BCUT2D eigenvalue weighted by Crippen LogP contribution is -2.55. The number of hydrogen-bond acceptors (Lipinski definition) is 5. The summed E-state index contributed by atoms with van der Waals surface area (Å²) in [7, 11) is 0. The van der Waals surface area contributed by atoms with E-state index in [4.69, 9.17) is 4.74 Å². The molecule has 2 aliphatic heterocycles. The number of halogens is 1. The molecule has 1 aromatic carbocycles. The summed E-state index contributed by atoms with van der Waals surface area (Å²) in [5.41, 5.74) is 1.07. The highest BCUT2D eigenvalue weighted by atomic mass is 79.9. The van der Waals surface area contributed by atoms with Crippen LogP contribution >= 0.6 is 27.3 Å². The van der Waals surface area contributed by atoms with Crippen LogP contribution in [0.25, 0.3) is 10.4 Å². The zero-order valence-electron chi connectivity index (χ0n) is 16.4. The van der Waals surface area contributed by atoms with Crippen LogP contribution in [0.4, 0.5) is 0 Å². The highest BCUT2D eigenvalue weighted by Gasteiger charge is 2.31. The van der Waals surface area contributed by atoms with Gasteiger partial charge < -0.3 is 19.4 Å². The molecule has 0 bridgehead atoms. The number of morpholine rings is 1. The fraction of sp³-hybridized carbons (Fsp3) is 0.381.